The lowest BCUT2D eigenvalue weighted by atomic mass is 10.1. The highest BCUT2D eigenvalue weighted by molar-refractivity contribution is 6.03. The molecule has 1 heterocycles. The van der Waals surface area contributed by atoms with Gasteiger partial charge in [-0.3, -0.25) is 0 Å². The second-order valence-corrected chi connectivity index (χ2v) is 4.06. The molecule has 2 rings (SSSR count). The first-order chi connectivity index (χ1) is 8.90. The maximum Gasteiger partial charge on any atom is 0.135 e. The van der Waals surface area contributed by atoms with Gasteiger partial charge in [0, 0.05) is 10.9 Å². The van der Waals surface area contributed by atoms with Crippen molar-refractivity contribution >= 4 is 22.9 Å². The third-order valence-electron chi connectivity index (χ3n) is 2.68. The summed E-state index contributed by atoms with van der Waals surface area (Å²) in [7, 11) is 0. The lowest BCUT2D eigenvalue weighted by Crippen LogP contribution is -2.37. The Morgan fingerprint density at radius 1 is 1.32 bits per heavy atom. The third kappa shape index (κ3) is 2.37. The van der Waals surface area contributed by atoms with Gasteiger partial charge in [0.2, 0.25) is 0 Å². The molecule has 2 aromatic rings. The van der Waals surface area contributed by atoms with Crippen molar-refractivity contribution in [1.29, 1.82) is 0 Å². The van der Waals surface area contributed by atoms with Crippen LogP contribution >= 0.6 is 0 Å². The largest absolute Gasteiger partial charge is 0.546 e. The number of carboxylic acid groups (broad SMARTS) is 2. The molecule has 0 amide bonds. The molecule has 1 aromatic heterocycles. The monoisotopic (exact) mass is 262 g/mol. The van der Waals surface area contributed by atoms with Gasteiger partial charge in [-0.2, -0.15) is 0 Å². The van der Waals surface area contributed by atoms with E-state index >= 15 is 0 Å². The fraction of sp³-hybridized carbons (Fsp3) is 0.231. The van der Waals surface area contributed by atoms with Crippen molar-refractivity contribution in [3.8, 4) is 5.75 Å². The molecule has 0 saturated heterocycles. The van der Waals surface area contributed by atoms with E-state index in [0.717, 1.165) is 0 Å². The Bertz CT molecular complexity index is 654. The fourth-order valence-electron chi connectivity index (χ4n) is 1.78. The zero-order chi connectivity index (χ0) is 14.2. The predicted octanol–water partition coefficient (Wildman–Crippen LogP) is -0.378. The molecule has 0 bridgehead atoms. The van der Waals surface area contributed by atoms with Gasteiger partial charge in [-0.25, -0.2) is 0 Å². The van der Waals surface area contributed by atoms with Gasteiger partial charge < -0.3 is 29.0 Å². The van der Waals surface area contributed by atoms with Crippen molar-refractivity contribution in [3.05, 3.63) is 29.5 Å². The third-order valence-corrected chi connectivity index (χ3v) is 2.68. The van der Waals surface area contributed by atoms with Crippen LogP contribution in [0.1, 0.15) is 23.0 Å². The first-order valence-electron chi connectivity index (χ1n) is 5.52. The standard InChI is InChI=1S/C13H12O6/c1-6-11(13(16)17)9-5-8(3-4-10(9)19-6)18-7(2)12(14)15/h3-5,7H,1-2H3,(H,14,15)(H,16,17)/p-2/t7-/m1/s1. The number of carbonyl (C=O) groups excluding carboxylic acids is 2. The van der Waals surface area contributed by atoms with Gasteiger partial charge in [-0.05, 0) is 32.0 Å². The number of hydrogen-bond donors (Lipinski definition) is 0. The van der Waals surface area contributed by atoms with Gasteiger partial charge in [0.05, 0.1) is 11.9 Å². The summed E-state index contributed by atoms with van der Waals surface area (Å²) in [5.41, 5.74) is 0.298. The zero-order valence-corrected chi connectivity index (χ0v) is 10.3. The van der Waals surface area contributed by atoms with Gasteiger partial charge in [-0.1, -0.05) is 0 Å². The van der Waals surface area contributed by atoms with Gasteiger partial charge in [0.15, 0.2) is 0 Å². The summed E-state index contributed by atoms with van der Waals surface area (Å²) in [6, 6.07) is 4.40. The number of ether oxygens (including phenoxy) is 1. The highest BCUT2D eigenvalue weighted by Gasteiger charge is 2.13. The second kappa shape index (κ2) is 4.64. The number of fused-ring (bicyclic) bond motifs is 1. The van der Waals surface area contributed by atoms with Crippen LogP contribution in [0.5, 0.6) is 5.75 Å². The topological polar surface area (TPSA) is 103 Å². The molecule has 1 atom stereocenters. The maximum atomic E-state index is 11.0. The summed E-state index contributed by atoms with van der Waals surface area (Å²) in [5.74, 6) is -2.28. The van der Waals surface area contributed by atoms with Crippen LogP contribution < -0.4 is 14.9 Å². The lowest BCUT2D eigenvalue weighted by Gasteiger charge is -2.15. The summed E-state index contributed by atoms with van der Waals surface area (Å²) in [6.07, 6.45) is -1.14. The highest BCUT2D eigenvalue weighted by atomic mass is 16.5. The van der Waals surface area contributed by atoms with Gasteiger partial charge in [-0.15, -0.1) is 0 Å². The number of aromatic carboxylic acids is 1. The van der Waals surface area contributed by atoms with Gasteiger partial charge in [0.1, 0.15) is 23.2 Å². The van der Waals surface area contributed by atoms with E-state index in [2.05, 4.69) is 0 Å². The van der Waals surface area contributed by atoms with Crippen molar-refractivity contribution < 1.29 is 29.0 Å². The Labute approximate surface area is 108 Å². The van der Waals surface area contributed by atoms with Crippen LogP contribution in [-0.4, -0.2) is 18.0 Å². The number of aliphatic carboxylic acids is 1. The molecule has 0 aliphatic rings. The van der Waals surface area contributed by atoms with Crippen LogP contribution in [0.15, 0.2) is 22.6 Å². The molecule has 0 aliphatic heterocycles. The molecule has 0 unspecified atom stereocenters. The van der Waals surface area contributed by atoms with Crippen LogP contribution in [-0.2, 0) is 4.79 Å². The minimum Gasteiger partial charge on any atom is -0.546 e. The molecule has 0 N–H and O–H groups in total. The van der Waals surface area contributed by atoms with Crippen molar-refractivity contribution in [2.45, 2.75) is 20.0 Å². The second-order valence-electron chi connectivity index (χ2n) is 4.06. The minimum absolute atomic E-state index is 0.0680. The Morgan fingerprint density at radius 3 is 2.58 bits per heavy atom. The number of carbonyl (C=O) groups is 2. The van der Waals surface area contributed by atoms with E-state index in [1.54, 1.807) is 0 Å². The van der Waals surface area contributed by atoms with E-state index in [0.29, 0.717) is 11.0 Å². The first kappa shape index (κ1) is 12.9. The molecule has 6 nitrogen and oxygen atoms in total. The summed E-state index contributed by atoms with van der Waals surface area (Å²) in [4.78, 5) is 21.6. The summed E-state index contributed by atoms with van der Waals surface area (Å²) in [6.45, 7) is 2.83. The molecule has 0 fully saturated rings. The van der Waals surface area contributed by atoms with E-state index in [1.165, 1.54) is 32.0 Å². The Morgan fingerprint density at radius 2 is 2.00 bits per heavy atom. The van der Waals surface area contributed by atoms with E-state index in [-0.39, 0.29) is 17.1 Å². The average Bonchev–Trinajstić information content (AvgIpc) is 2.64. The Kier molecular flexibility index (Phi) is 3.16. The van der Waals surface area contributed by atoms with Gasteiger partial charge in [0.25, 0.3) is 0 Å². The summed E-state index contributed by atoms with van der Waals surface area (Å²) < 4.78 is 10.4. The molecule has 0 saturated carbocycles. The SMILES string of the molecule is Cc1oc2ccc(O[C@H](C)C(=O)[O-])cc2c1C(=O)[O-]. The van der Waals surface area contributed by atoms with Crippen LogP contribution in [0.4, 0.5) is 0 Å². The molecule has 0 spiro atoms. The van der Waals surface area contributed by atoms with E-state index in [1.807, 2.05) is 0 Å². The normalized spacial score (nSPS) is 12.3. The van der Waals surface area contributed by atoms with E-state index < -0.39 is 18.0 Å². The van der Waals surface area contributed by atoms with Crippen LogP contribution in [0, 0.1) is 6.92 Å². The Hall–Kier alpha value is -2.50. The van der Waals surface area contributed by atoms with E-state index in [9.17, 15) is 19.8 Å². The van der Waals surface area contributed by atoms with Crippen molar-refractivity contribution in [3.63, 3.8) is 0 Å². The molecule has 1 aromatic carbocycles. The number of carboxylic acids is 2. The average molecular weight is 262 g/mol. The predicted molar refractivity (Wildman–Crippen MR) is 60.4 cm³/mol. The van der Waals surface area contributed by atoms with Gasteiger partial charge >= 0.3 is 0 Å². The Balaban J connectivity index is 2.47. The van der Waals surface area contributed by atoms with Crippen LogP contribution in [0.25, 0.3) is 11.0 Å². The fourth-order valence-corrected chi connectivity index (χ4v) is 1.78. The number of benzene rings is 1. The molecular weight excluding hydrogens is 252 g/mol. The summed E-state index contributed by atoms with van der Waals surface area (Å²) in [5, 5.41) is 21.9. The maximum absolute atomic E-state index is 11.0. The molecule has 0 radical (unpaired) electrons. The number of aryl methyl sites for hydroxylation is 1. The van der Waals surface area contributed by atoms with Crippen LogP contribution in [0.3, 0.4) is 0 Å². The molecule has 100 valence electrons. The molecule has 19 heavy (non-hydrogen) atoms. The number of furan rings is 1. The lowest BCUT2D eigenvalue weighted by molar-refractivity contribution is -0.312. The smallest absolute Gasteiger partial charge is 0.135 e. The van der Waals surface area contributed by atoms with Crippen molar-refractivity contribution in [2.24, 2.45) is 0 Å². The number of hydrogen-bond acceptors (Lipinski definition) is 6. The van der Waals surface area contributed by atoms with E-state index in [4.69, 9.17) is 9.15 Å². The zero-order valence-electron chi connectivity index (χ0n) is 10.3. The molecule has 0 aliphatic carbocycles. The molecule has 6 heteroatoms. The first-order valence-corrected chi connectivity index (χ1v) is 5.52. The minimum atomic E-state index is -1.36. The number of rotatable bonds is 4. The molecular formula is C13H10O6-2. The highest BCUT2D eigenvalue weighted by Crippen LogP contribution is 2.29. The van der Waals surface area contributed by atoms with Crippen LogP contribution in [0.2, 0.25) is 0 Å². The summed E-state index contributed by atoms with van der Waals surface area (Å²) >= 11 is 0. The van der Waals surface area contributed by atoms with Crippen molar-refractivity contribution in [2.75, 3.05) is 0 Å². The van der Waals surface area contributed by atoms with Crippen molar-refractivity contribution in [1.82, 2.24) is 0 Å². The quantitative estimate of drug-likeness (QED) is 0.744.